The highest BCUT2D eigenvalue weighted by Gasteiger charge is 2.15. The number of rotatable bonds is 4. The van der Waals surface area contributed by atoms with E-state index in [1.54, 1.807) is 31.4 Å². The number of amides is 1. The number of benzene rings is 1. The van der Waals surface area contributed by atoms with Crippen molar-refractivity contribution in [3.63, 3.8) is 0 Å². The maximum Gasteiger partial charge on any atom is 0.241 e. The molecule has 24 heavy (non-hydrogen) atoms. The molecule has 0 fully saturated rings. The Hall–Kier alpha value is -3.02. The summed E-state index contributed by atoms with van der Waals surface area (Å²) in [6.07, 6.45) is 3.45. The van der Waals surface area contributed by atoms with Crippen LogP contribution < -0.4 is 4.90 Å². The number of hydrogen-bond donors (Lipinski definition) is 0. The number of carbonyl (C=O) groups excluding carboxylic acids is 1. The number of aromatic nitrogens is 3. The van der Waals surface area contributed by atoms with Crippen LogP contribution in [0.25, 0.3) is 22.3 Å². The van der Waals surface area contributed by atoms with Crippen LogP contribution in [0.3, 0.4) is 0 Å². The van der Waals surface area contributed by atoms with Crippen LogP contribution in [0.2, 0.25) is 0 Å². The van der Waals surface area contributed by atoms with E-state index in [-0.39, 0.29) is 12.5 Å². The largest absolute Gasteiger partial charge is 0.350 e. The molecule has 0 saturated carbocycles. The second-order valence-electron chi connectivity index (χ2n) is 5.77. The predicted molar refractivity (Wildman–Crippen MR) is 94.7 cm³/mol. The first-order valence-electron chi connectivity index (χ1n) is 7.64. The maximum atomic E-state index is 12.0. The van der Waals surface area contributed by atoms with Gasteiger partial charge in [0, 0.05) is 44.5 Å². The molecule has 1 aromatic carbocycles. The summed E-state index contributed by atoms with van der Waals surface area (Å²) >= 11 is 0. The van der Waals surface area contributed by atoms with Gasteiger partial charge in [-0.25, -0.2) is 9.97 Å². The first-order valence-corrected chi connectivity index (χ1v) is 7.64. The Morgan fingerprint density at radius 3 is 2.54 bits per heavy atom. The van der Waals surface area contributed by atoms with Crippen molar-refractivity contribution >= 4 is 22.6 Å². The number of pyridine rings is 1. The highest BCUT2D eigenvalue weighted by Crippen LogP contribution is 2.26. The molecule has 2 aromatic heterocycles. The zero-order chi connectivity index (χ0) is 17.1. The number of likely N-dealkylation sites (N-methyl/N-ethyl adjacent to an activating group) is 2. The molecule has 0 spiro atoms. The molecule has 0 aliphatic carbocycles. The lowest BCUT2D eigenvalue weighted by atomic mass is 10.2. The second kappa shape index (κ2) is 6.62. The van der Waals surface area contributed by atoms with Crippen molar-refractivity contribution in [3.05, 3.63) is 48.8 Å². The molecule has 0 aliphatic rings. The fraction of sp³-hybridized carbons (Fsp3) is 0.222. The van der Waals surface area contributed by atoms with Gasteiger partial charge in [-0.3, -0.25) is 9.78 Å². The minimum absolute atomic E-state index is 0.0168. The smallest absolute Gasteiger partial charge is 0.241 e. The molecular formula is C18H19N5O. The minimum atomic E-state index is 0.0168. The number of nitrogens with zero attached hydrogens (tertiary/aromatic N) is 5. The van der Waals surface area contributed by atoms with Gasteiger partial charge < -0.3 is 9.80 Å². The SMILES string of the molecule is CN(C)C(=O)CN(C)c1nc(-c2cccnc2)nc2ccccc12. The van der Waals surface area contributed by atoms with Crippen molar-refractivity contribution < 1.29 is 4.79 Å². The monoisotopic (exact) mass is 321 g/mol. The van der Waals surface area contributed by atoms with Gasteiger partial charge in [0.05, 0.1) is 12.1 Å². The number of anilines is 1. The van der Waals surface area contributed by atoms with Crippen LogP contribution >= 0.6 is 0 Å². The van der Waals surface area contributed by atoms with Gasteiger partial charge in [0.25, 0.3) is 0 Å². The molecule has 6 heteroatoms. The molecule has 0 atom stereocenters. The molecule has 6 nitrogen and oxygen atoms in total. The summed E-state index contributed by atoms with van der Waals surface area (Å²) in [6, 6.07) is 11.6. The van der Waals surface area contributed by atoms with E-state index in [9.17, 15) is 4.79 Å². The topological polar surface area (TPSA) is 62.2 Å². The van der Waals surface area contributed by atoms with Gasteiger partial charge in [-0.2, -0.15) is 0 Å². The van der Waals surface area contributed by atoms with Crippen LogP contribution in [0.4, 0.5) is 5.82 Å². The van der Waals surface area contributed by atoms with Crippen molar-refractivity contribution in [2.75, 3.05) is 32.6 Å². The van der Waals surface area contributed by atoms with Crippen LogP contribution in [0.15, 0.2) is 48.8 Å². The Morgan fingerprint density at radius 1 is 1.04 bits per heavy atom. The first kappa shape index (κ1) is 15.9. The summed E-state index contributed by atoms with van der Waals surface area (Å²) in [5, 5.41) is 0.916. The molecular weight excluding hydrogens is 302 g/mol. The molecule has 0 bridgehead atoms. The van der Waals surface area contributed by atoms with E-state index in [0.717, 1.165) is 22.3 Å². The average Bonchev–Trinajstić information content (AvgIpc) is 2.61. The van der Waals surface area contributed by atoms with Crippen LogP contribution in [-0.2, 0) is 4.79 Å². The fourth-order valence-electron chi connectivity index (χ4n) is 2.39. The van der Waals surface area contributed by atoms with E-state index in [4.69, 9.17) is 0 Å². The Labute approximate surface area is 140 Å². The molecule has 0 N–H and O–H groups in total. The van der Waals surface area contributed by atoms with Gasteiger partial charge in [-0.15, -0.1) is 0 Å². The summed E-state index contributed by atoms with van der Waals surface area (Å²) in [4.78, 5) is 28.9. The molecule has 0 unspecified atom stereocenters. The Bertz CT molecular complexity index is 864. The normalized spacial score (nSPS) is 10.6. The highest BCUT2D eigenvalue weighted by molar-refractivity contribution is 5.92. The number of carbonyl (C=O) groups is 1. The van der Waals surface area contributed by atoms with Crippen molar-refractivity contribution in [2.24, 2.45) is 0 Å². The molecule has 3 aromatic rings. The van der Waals surface area contributed by atoms with E-state index >= 15 is 0 Å². The van der Waals surface area contributed by atoms with E-state index in [1.807, 2.05) is 48.3 Å². The van der Waals surface area contributed by atoms with Crippen molar-refractivity contribution in [3.8, 4) is 11.4 Å². The van der Waals surface area contributed by atoms with E-state index in [1.165, 1.54) is 0 Å². The van der Waals surface area contributed by atoms with Gasteiger partial charge in [-0.05, 0) is 24.3 Å². The first-order chi connectivity index (χ1) is 11.6. The summed E-state index contributed by atoms with van der Waals surface area (Å²) in [5.74, 6) is 1.35. The summed E-state index contributed by atoms with van der Waals surface area (Å²) in [5.41, 5.74) is 1.68. The Kier molecular flexibility index (Phi) is 4.37. The molecule has 122 valence electrons. The molecule has 2 heterocycles. The third-order valence-electron chi connectivity index (χ3n) is 3.74. The van der Waals surface area contributed by atoms with Crippen LogP contribution in [0, 0.1) is 0 Å². The van der Waals surface area contributed by atoms with E-state index < -0.39 is 0 Å². The van der Waals surface area contributed by atoms with Gasteiger partial charge in [0.2, 0.25) is 5.91 Å². The third-order valence-corrected chi connectivity index (χ3v) is 3.74. The molecule has 0 aliphatic heterocycles. The Balaban J connectivity index is 2.10. The van der Waals surface area contributed by atoms with Crippen LogP contribution in [0.5, 0.6) is 0 Å². The summed E-state index contributed by atoms with van der Waals surface area (Å²) in [7, 11) is 5.36. The fourth-order valence-corrected chi connectivity index (χ4v) is 2.39. The standard InChI is InChI=1S/C18H19N5O/c1-22(2)16(24)12-23(3)18-14-8-4-5-9-15(14)20-17(21-18)13-7-6-10-19-11-13/h4-11H,12H2,1-3H3. The van der Waals surface area contributed by atoms with Gasteiger partial charge in [-0.1, -0.05) is 12.1 Å². The van der Waals surface area contributed by atoms with Gasteiger partial charge >= 0.3 is 0 Å². The molecule has 1 amide bonds. The summed E-state index contributed by atoms with van der Waals surface area (Å²) < 4.78 is 0. The van der Waals surface area contributed by atoms with Crippen LogP contribution in [0.1, 0.15) is 0 Å². The lowest BCUT2D eigenvalue weighted by molar-refractivity contribution is -0.127. The third kappa shape index (κ3) is 3.17. The van der Waals surface area contributed by atoms with Crippen LogP contribution in [-0.4, -0.2) is 53.4 Å². The maximum absolute atomic E-state index is 12.0. The quantitative estimate of drug-likeness (QED) is 0.737. The van der Waals surface area contributed by atoms with E-state index in [0.29, 0.717) is 5.82 Å². The predicted octanol–water partition coefficient (Wildman–Crippen LogP) is 2.22. The molecule has 0 saturated heterocycles. The van der Waals surface area contributed by atoms with Crippen molar-refractivity contribution in [1.82, 2.24) is 19.9 Å². The number of fused-ring (bicyclic) bond motifs is 1. The minimum Gasteiger partial charge on any atom is -0.350 e. The van der Waals surface area contributed by atoms with Crippen molar-refractivity contribution in [2.45, 2.75) is 0 Å². The highest BCUT2D eigenvalue weighted by atomic mass is 16.2. The molecule has 3 rings (SSSR count). The second-order valence-corrected chi connectivity index (χ2v) is 5.77. The van der Waals surface area contributed by atoms with Crippen molar-refractivity contribution in [1.29, 1.82) is 0 Å². The number of para-hydroxylation sites is 1. The van der Waals surface area contributed by atoms with Gasteiger partial charge in [0.15, 0.2) is 5.82 Å². The van der Waals surface area contributed by atoms with Gasteiger partial charge in [0.1, 0.15) is 5.82 Å². The zero-order valence-electron chi connectivity index (χ0n) is 14.0. The zero-order valence-corrected chi connectivity index (χ0v) is 14.0. The summed E-state index contributed by atoms with van der Waals surface area (Å²) in [6.45, 7) is 0.250. The lowest BCUT2D eigenvalue weighted by Gasteiger charge is -2.22. The molecule has 0 radical (unpaired) electrons. The average molecular weight is 321 g/mol. The lowest BCUT2D eigenvalue weighted by Crippen LogP contribution is -2.34. The number of hydrogen-bond acceptors (Lipinski definition) is 5. The van der Waals surface area contributed by atoms with E-state index in [2.05, 4.69) is 15.0 Å². The Morgan fingerprint density at radius 2 is 1.83 bits per heavy atom.